The fourth-order valence-electron chi connectivity index (χ4n) is 2.30. The van der Waals surface area contributed by atoms with E-state index in [2.05, 4.69) is 45.1 Å². The molecule has 0 radical (unpaired) electrons. The monoisotopic (exact) mass is 303 g/mol. The van der Waals surface area contributed by atoms with Gasteiger partial charge in [0, 0.05) is 18.3 Å². The summed E-state index contributed by atoms with van der Waals surface area (Å²) in [6.07, 6.45) is 2.49. The summed E-state index contributed by atoms with van der Waals surface area (Å²) < 4.78 is 7.68. The Kier molecular flexibility index (Phi) is 4.93. The lowest BCUT2D eigenvalue weighted by atomic mass is 10.2. The van der Waals surface area contributed by atoms with E-state index in [0.29, 0.717) is 5.92 Å². The minimum atomic E-state index is 0.613. The predicted octanol–water partition coefficient (Wildman–Crippen LogP) is 3.33. The molecule has 1 aliphatic carbocycles. The minimum Gasteiger partial charge on any atom is -0.381 e. The number of ether oxygens (including phenoxy) is 1. The standard InChI is InChI=1S/C16H21N3OS/c1-2-20-10-11-21-16-18-17-15(14-8-9-14)19(16)12-13-6-4-3-5-7-13/h3-7,14H,2,8-12H2,1H3. The zero-order valence-corrected chi connectivity index (χ0v) is 13.2. The largest absolute Gasteiger partial charge is 0.381 e. The fourth-order valence-corrected chi connectivity index (χ4v) is 3.10. The first kappa shape index (κ1) is 14.6. The Labute approximate surface area is 129 Å². The highest BCUT2D eigenvalue weighted by molar-refractivity contribution is 7.99. The predicted molar refractivity (Wildman–Crippen MR) is 84.8 cm³/mol. The van der Waals surface area contributed by atoms with E-state index in [4.69, 9.17) is 4.74 Å². The van der Waals surface area contributed by atoms with Crippen molar-refractivity contribution in [2.45, 2.75) is 37.4 Å². The highest BCUT2D eigenvalue weighted by Gasteiger charge is 2.30. The molecule has 0 spiro atoms. The molecule has 0 saturated heterocycles. The van der Waals surface area contributed by atoms with Gasteiger partial charge in [0.15, 0.2) is 5.16 Å². The van der Waals surface area contributed by atoms with Crippen LogP contribution < -0.4 is 0 Å². The summed E-state index contributed by atoms with van der Waals surface area (Å²) in [5, 5.41) is 9.83. The van der Waals surface area contributed by atoms with Crippen LogP contribution in [0.3, 0.4) is 0 Å². The smallest absolute Gasteiger partial charge is 0.191 e. The third-order valence-corrected chi connectivity index (χ3v) is 4.47. The van der Waals surface area contributed by atoms with Crippen LogP contribution in [0.2, 0.25) is 0 Å². The average Bonchev–Trinajstić information content (AvgIpc) is 3.28. The summed E-state index contributed by atoms with van der Waals surface area (Å²) in [7, 11) is 0. The summed E-state index contributed by atoms with van der Waals surface area (Å²) in [5.74, 6) is 2.69. The Morgan fingerprint density at radius 3 is 2.76 bits per heavy atom. The molecule has 1 aromatic carbocycles. The molecule has 0 aliphatic heterocycles. The van der Waals surface area contributed by atoms with Crippen molar-refractivity contribution in [3.05, 3.63) is 41.7 Å². The van der Waals surface area contributed by atoms with Crippen LogP contribution in [0.4, 0.5) is 0 Å². The van der Waals surface area contributed by atoms with Gasteiger partial charge in [-0.3, -0.25) is 0 Å². The van der Waals surface area contributed by atoms with Crippen LogP contribution in [0.5, 0.6) is 0 Å². The van der Waals surface area contributed by atoms with E-state index < -0.39 is 0 Å². The van der Waals surface area contributed by atoms with Crippen LogP contribution in [-0.2, 0) is 11.3 Å². The Hall–Kier alpha value is -1.33. The van der Waals surface area contributed by atoms with Crippen LogP contribution in [0.15, 0.2) is 35.5 Å². The SMILES string of the molecule is CCOCCSc1nnc(C2CC2)n1Cc1ccccc1. The molecule has 1 heterocycles. The zero-order chi connectivity index (χ0) is 14.5. The van der Waals surface area contributed by atoms with Gasteiger partial charge in [-0.25, -0.2) is 0 Å². The second-order valence-corrected chi connectivity index (χ2v) is 6.29. The molecule has 1 aromatic heterocycles. The number of rotatable bonds is 8. The molecular formula is C16H21N3OS. The highest BCUT2D eigenvalue weighted by atomic mass is 32.2. The normalized spacial score (nSPS) is 14.5. The van der Waals surface area contributed by atoms with E-state index in [-0.39, 0.29) is 0 Å². The maximum Gasteiger partial charge on any atom is 0.191 e. The molecule has 0 atom stereocenters. The molecule has 1 fully saturated rings. The van der Waals surface area contributed by atoms with Crippen molar-refractivity contribution in [1.82, 2.24) is 14.8 Å². The van der Waals surface area contributed by atoms with Crippen LogP contribution in [0, 0.1) is 0 Å². The molecule has 5 heteroatoms. The molecule has 0 amide bonds. The first-order chi connectivity index (χ1) is 10.4. The van der Waals surface area contributed by atoms with Crippen molar-refractivity contribution in [3.63, 3.8) is 0 Å². The van der Waals surface area contributed by atoms with Crippen LogP contribution in [0.1, 0.15) is 37.1 Å². The molecule has 21 heavy (non-hydrogen) atoms. The summed E-state index contributed by atoms with van der Waals surface area (Å²) in [6, 6.07) is 10.5. The van der Waals surface area contributed by atoms with Crippen molar-refractivity contribution in [2.24, 2.45) is 0 Å². The third-order valence-electron chi connectivity index (χ3n) is 3.53. The van der Waals surface area contributed by atoms with E-state index in [9.17, 15) is 0 Å². The van der Waals surface area contributed by atoms with Gasteiger partial charge in [0.05, 0.1) is 13.2 Å². The van der Waals surface area contributed by atoms with Gasteiger partial charge >= 0.3 is 0 Å². The summed E-state index contributed by atoms with van der Waals surface area (Å²) in [5.41, 5.74) is 1.30. The van der Waals surface area contributed by atoms with E-state index >= 15 is 0 Å². The van der Waals surface area contributed by atoms with E-state index in [0.717, 1.165) is 36.5 Å². The number of hydrogen-bond donors (Lipinski definition) is 0. The van der Waals surface area contributed by atoms with Gasteiger partial charge < -0.3 is 9.30 Å². The van der Waals surface area contributed by atoms with Gasteiger partial charge in [0.2, 0.25) is 0 Å². The molecule has 0 bridgehead atoms. The lowest BCUT2D eigenvalue weighted by Gasteiger charge is -2.10. The number of aromatic nitrogens is 3. The molecule has 1 saturated carbocycles. The van der Waals surface area contributed by atoms with Crippen molar-refractivity contribution in [2.75, 3.05) is 19.0 Å². The van der Waals surface area contributed by atoms with Gasteiger partial charge in [0.1, 0.15) is 5.82 Å². The summed E-state index contributed by atoms with van der Waals surface area (Å²) in [6.45, 7) is 4.41. The average molecular weight is 303 g/mol. The molecule has 4 nitrogen and oxygen atoms in total. The molecule has 1 aliphatic rings. The molecule has 112 valence electrons. The molecule has 2 aromatic rings. The van der Waals surface area contributed by atoms with Gasteiger partial charge in [-0.15, -0.1) is 10.2 Å². The minimum absolute atomic E-state index is 0.613. The van der Waals surface area contributed by atoms with Crippen LogP contribution in [0.25, 0.3) is 0 Å². The Balaban J connectivity index is 1.73. The van der Waals surface area contributed by atoms with Crippen LogP contribution in [-0.4, -0.2) is 33.7 Å². The van der Waals surface area contributed by atoms with E-state index in [1.165, 1.54) is 18.4 Å². The van der Waals surface area contributed by atoms with Crippen molar-refractivity contribution < 1.29 is 4.74 Å². The van der Waals surface area contributed by atoms with Crippen molar-refractivity contribution in [1.29, 1.82) is 0 Å². The van der Waals surface area contributed by atoms with Gasteiger partial charge in [-0.2, -0.15) is 0 Å². The highest BCUT2D eigenvalue weighted by Crippen LogP contribution is 2.40. The van der Waals surface area contributed by atoms with Crippen LogP contribution >= 0.6 is 11.8 Å². The Morgan fingerprint density at radius 2 is 2.05 bits per heavy atom. The molecule has 3 rings (SSSR count). The van der Waals surface area contributed by atoms with E-state index in [1.807, 2.05) is 6.92 Å². The molecular weight excluding hydrogens is 282 g/mol. The first-order valence-electron chi connectivity index (χ1n) is 7.56. The lowest BCUT2D eigenvalue weighted by Crippen LogP contribution is -2.07. The number of nitrogens with zero attached hydrogens (tertiary/aromatic N) is 3. The third kappa shape index (κ3) is 3.86. The number of thioether (sulfide) groups is 1. The Morgan fingerprint density at radius 1 is 1.24 bits per heavy atom. The molecule has 0 N–H and O–H groups in total. The maximum absolute atomic E-state index is 5.40. The fraction of sp³-hybridized carbons (Fsp3) is 0.500. The Bertz CT molecular complexity index is 566. The summed E-state index contributed by atoms with van der Waals surface area (Å²) in [4.78, 5) is 0. The van der Waals surface area contributed by atoms with Gasteiger partial charge in [-0.05, 0) is 25.3 Å². The second-order valence-electron chi connectivity index (χ2n) is 5.23. The maximum atomic E-state index is 5.40. The first-order valence-corrected chi connectivity index (χ1v) is 8.54. The zero-order valence-electron chi connectivity index (χ0n) is 12.4. The quantitative estimate of drug-likeness (QED) is 0.554. The van der Waals surface area contributed by atoms with Gasteiger partial charge in [0.25, 0.3) is 0 Å². The summed E-state index contributed by atoms with van der Waals surface area (Å²) >= 11 is 1.74. The van der Waals surface area contributed by atoms with Crippen molar-refractivity contribution >= 4 is 11.8 Å². The lowest BCUT2D eigenvalue weighted by molar-refractivity contribution is 0.164. The van der Waals surface area contributed by atoms with E-state index in [1.54, 1.807) is 11.8 Å². The number of benzene rings is 1. The van der Waals surface area contributed by atoms with Crippen molar-refractivity contribution in [3.8, 4) is 0 Å². The second kappa shape index (κ2) is 7.09. The number of hydrogen-bond acceptors (Lipinski definition) is 4. The molecule has 0 unspecified atom stereocenters. The van der Waals surface area contributed by atoms with Gasteiger partial charge in [-0.1, -0.05) is 42.1 Å². The topological polar surface area (TPSA) is 39.9 Å².